The highest BCUT2D eigenvalue weighted by Crippen LogP contribution is 2.17. The van der Waals surface area contributed by atoms with Crippen molar-refractivity contribution in [3.63, 3.8) is 0 Å². The van der Waals surface area contributed by atoms with Crippen molar-refractivity contribution in [1.29, 1.82) is 0 Å². The summed E-state index contributed by atoms with van der Waals surface area (Å²) in [4.78, 5) is 0. The minimum atomic E-state index is -0.308. The molecule has 0 radical (unpaired) electrons. The number of rotatable bonds is 3. The molecule has 0 aliphatic carbocycles. The Morgan fingerprint density at radius 3 is 2.46 bits per heavy atom. The van der Waals surface area contributed by atoms with E-state index in [0.29, 0.717) is 17.9 Å². The molecular formula is C7H16N6. The fourth-order valence-electron chi connectivity index (χ4n) is 1.13. The molecule has 6 nitrogen and oxygen atoms in total. The number of nitrogens with zero attached hydrogens (tertiary/aromatic N) is 2. The third-order valence-electron chi connectivity index (χ3n) is 1.79. The highest BCUT2D eigenvalue weighted by Gasteiger charge is 2.12. The van der Waals surface area contributed by atoms with E-state index in [-0.39, 0.29) is 12.2 Å². The van der Waals surface area contributed by atoms with Crippen LogP contribution in [0.1, 0.15) is 19.5 Å². The third-order valence-corrected chi connectivity index (χ3v) is 1.79. The Labute approximate surface area is 76.9 Å². The lowest BCUT2D eigenvalue weighted by Gasteiger charge is -2.15. The van der Waals surface area contributed by atoms with Gasteiger partial charge in [0.1, 0.15) is 12.0 Å². The molecule has 1 rings (SSSR count). The molecule has 1 heterocycles. The van der Waals surface area contributed by atoms with Crippen LogP contribution in [-0.4, -0.2) is 15.8 Å². The van der Waals surface area contributed by atoms with Crippen LogP contribution in [-0.2, 0) is 0 Å². The molecule has 0 saturated heterocycles. The molecule has 6 heteroatoms. The van der Waals surface area contributed by atoms with E-state index in [9.17, 15) is 0 Å². The number of hydrogen-bond donors (Lipinski definition) is 4. The van der Waals surface area contributed by atoms with Crippen LogP contribution in [0.15, 0.2) is 6.20 Å². The molecular weight excluding hydrogens is 168 g/mol. The van der Waals surface area contributed by atoms with Crippen molar-refractivity contribution in [2.45, 2.75) is 25.6 Å². The second-order valence-electron chi connectivity index (χ2n) is 3.21. The zero-order chi connectivity index (χ0) is 10.0. The molecule has 1 aromatic rings. The van der Waals surface area contributed by atoms with Crippen molar-refractivity contribution in [3.05, 3.63) is 6.20 Å². The van der Waals surface area contributed by atoms with Crippen LogP contribution in [0.5, 0.6) is 0 Å². The van der Waals surface area contributed by atoms with Gasteiger partial charge in [-0.1, -0.05) is 0 Å². The van der Waals surface area contributed by atoms with E-state index in [1.807, 2.05) is 6.92 Å². The van der Waals surface area contributed by atoms with Crippen LogP contribution in [0.4, 0.5) is 11.5 Å². The molecule has 13 heavy (non-hydrogen) atoms. The molecule has 1 aromatic heterocycles. The van der Waals surface area contributed by atoms with Crippen molar-refractivity contribution >= 4 is 11.5 Å². The first-order valence-electron chi connectivity index (χ1n) is 4.12. The fraction of sp³-hybridized carbons (Fsp3) is 0.571. The van der Waals surface area contributed by atoms with Crippen molar-refractivity contribution in [2.75, 3.05) is 11.5 Å². The molecule has 8 N–H and O–H groups in total. The van der Waals surface area contributed by atoms with E-state index in [1.54, 1.807) is 0 Å². The molecule has 0 spiro atoms. The topological polar surface area (TPSA) is 122 Å². The highest BCUT2D eigenvalue weighted by atomic mass is 15.4. The summed E-state index contributed by atoms with van der Waals surface area (Å²) in [6, 6.07) is 0.0137. The largest absolute Gasteiger partial charge is 0.394 e. The smallest absolute Gasteiger partial charge is 0.146 e. The van der Waals surface area contributed by atoms with Crippen molar-refractivity contribution in [2.24, 2.45) is 11.5 Å². The van der Waals surface area contributed by atoms with Gasteiger partial charge in [-0.15, -0.1) is 0 Å². The molecule has 2 atom stereocenters. The molecule has 0 aliphatic rings. The van der Waals surface area contributed by atoms with Gasteiger partial charge in [0, 0.05) is 6.04 Å². The predicted octanol–water partition coefficient (Wildman–Crippen LogP) is -0.758. The van der Waals surface area contributed by atoms with Gasteiger partial charge in [-0.2, -0.15) is 5.10 Å². The molecule has 0 bridgehead atoms. The zero-order valence-corrected chi connectivity index (χ0v) is 7.64. The maximum absolute atomic E-state index is 5.80. The van der Waals surface area contributed by atoms with Gasteiger partial charge < -0.3 is 22.9 Å². The minimum Gasteiger partial charge on any atom is -0.394 e. The average Bonchev–Trinajstić information content (AvgIpc) is 2.31. The monoisotopic (exact) mass is 184 g/mol. The summed E-state index contributed by atoms with van der Waals surface area (Å²) in [5, 5.41) is 3.95. The van der Waals surface area contributed by atoms with Gasteiger partial charge in [0.05, 0.1) is 11.9 Å². The first kappa shape index (κ1) is 9.82. The van der Waals surface area contributed by atoms with Crippen LogP contribution in [0.2, 0.25) is 0 Å². The van der Waals surface area contributed by atoms with E-state index >= 15 is 0 Å². The van der Waals surface area contributed by atoms with E-state index in [2.05, 4.69) is 5.10 Å². The van der Waals surface area contributed by atoms with Crippen molar-refractivity contribution in [3.8, 4) is 0 Å². The van der Waals surface area contributed by atoms with Gasteiger partial charge in [-0.05, 0) is 13.3 Å². The Bertz CT molecular complexity index is 279. The van der Waals surface area contributed by atoms with E-state index < -0.39 is 0 Å². The van der Waals surface area contributed by atoms with Crippen LogP contribution in [0.3, 0.4) is 0 Å². The number of aromatic nitrogens is 2. The van der Waals surface area contributed by atoms with E-state index in [1.165, 1.54) is 10.9 Å². The maximum atomic E-state index is 5.80. The molecule has 74 valence electrons. The Balaban J connectivity index is 2.76. The maximum Gasteiger partial charge on any atom is 0.146 e. The standard InChI is InChI=1S/C7H16N6/c1-4(8)2-6(10)13-7(11)5(9)3-12-13/h3-4,6H,2,8-11H2,1H3. The number of hydrogen-bond acceptors (Lipinski definition) is 5. The molecule has 0 aliphatic heterocycles. The van der Waals surface area contributed by atoms with Crippen LogP contribution >= 0.6 is 0 Å². The Morgan fingerprint density at radius 2 is 2.08 bits per heavy atom. The first-order valence-corrected chi connectivity index (χ1v) is 4.12. The second-order valence-corrected chi connectivity index (χ2v) is 3.21. The molecule has 0 saturated carbocycles. The molecule has 2 unspecified atom stereocenters. The summed E-state index contributed by atoms with van der Waals surface area (Å²) < 4.78 is 1.48. The number of nitrogens with two attached hydrogens (primary N) is 4. The van der Waals surface area contributed by atoms with Crippen molar-refractivity contribution < 1.29 is 0 Å². The molecule has 0 fully saturated rings. The third kappa shape index (κ3) is 2.10. The van der Waals surface area contributed by atoms with Gasteiger partial charge in [0.2, 0.25) is 0 Å². The van der Waals surface area contributed by atoms with Crippen LogP contribution < -0.4 is 22.9 Å². The summed E-state index contributed by atoms with van der Waals surface area (Å²) in [7, 11) is 0. The zero-order valence-electron chi connectivity index (χ0n) is 7.64. The SMILES string of the molecule is CC(N)CC(N)n1ncc(N)c1N. The lowest BCUT2D eigenvalue weighted by molar-refractivity contribution is 0.415. The van der Waals surface area contributed by atoms with Gasteiger partial charge in [0.15, 0.2) is 0 Å². The summed E-state index contributed by atoms with van der Waals surface area (Å²) in [6.45, 7) is 1.88. The van der Waals surface area contributed by atoms with Gasteiger partial charge >= 0.3 is 0 Å². The Kier molecular flexibility index (Phi) is 2.74. The second kappa shape index (κ2) is 3.63. The Hall–Kier alpha value is -1.27. The normalized spacial score (nSPS) is 15.6. The predicted molar refractivity (Wildman–Crippen MR) is 52.5 cm³/mol. The van der Waals surface area contributed by atoms with E-state index in [4.69, 9.17) is 22.9 Å². The number of nitrogen functional groups attached to an aromatic ring is 2. The summed E-state index contributed by atoms with van der Waals surface area (Å²) in [5.41, 5.74) is 23.0. The van der Waals surface area contributed by atoms with Gasteiger partial charge in [-0.25, -0.2) is 4.68 Å². The van der Waals surface area contributed by atoms with Crippen LogP contribution in [0.25, 0.3) is 0 Å². The van der Waals surface area contributed by atoms with Gasteiger partial charge in [-0.3, -0.25) is 0 Å². The summed E-state index contributed by atoms with van der Waals surface area (Å²) in [5.74, 6) is 0.396. The highest BCUT2D eigenvalue weighted by molar-refractivity contribution is 5.57. The van der Waals surface area contributed by atoms with Crippen molar-refractivity contribution in [1.82, 2.24) is 9.78 Å². The molecule has 0 amide bonds. The lowest BCUT2D eigenvalue weighted by atomic mass is 10.2. The molecule has 0 aromatic carbocycles. The van der Waals surface area contributed by atoms with Gasteiger partial charge in [0.25, 0.3) is 0 Å². The minimum absolute atomic E-state index is 0.0137. The lowest BCUT2D eigenvalue weighted by Crippen LogP contribution is -2.28. The first-order chi connectivity index (χ1) is 6.02. The van der Waals surface area contributed by atoms with E-state index in [0.717, 1.165) is 0 Å². The van der Waals surface area contributed by atoms with Crippen LogP contribution in [0, 0.1) is 0 Å². The number of anilines is 2. The fourth-order valence-corrected chi connectivity index (χ4v) is 1.13. The average molecular weight is 184 g/mol. The summed E-state index contributed by atoms with van der Waals surface area (Å²) >= 11 is 0. The quantitative estimate of drug-likeness (QED) is 0.492. The Morgan fingerprint density at radius 1 is 1.46 bits per heavy atom. The summed E-state index contributed by atoms with van der Waals surface area (Å²) in [6.07, 6.45) is 1.79.